The Hall–Kier alpha value is -6.83. The summed E-state index contributed by atoms with van der Waals surface area (Å²) in [5.41, 5.74) is 9.20. The predicted octanol–water partition coefficient (Wildman–Crippen LogP) is 12.8. The molecular weight excluding hydrogens is 601 g/mol. The Morgan fingerprint density at radius 1 is 0.408 bits per heavy atom. The van der Waals surface area contributed by atoms with E-state index in [-0.39, 0.29) is 0 Å². The van der Waals surface area contributed by atoms with Crippen molar-refractivity contribution in [2.45, 2.75) is 0 Å². The van der Waals surface area contributed by atoms with Crippen LogP contribution in [0.3, 0.4) is 0 Å². The molecule has 49 heavy (non-hydrogen) atoms. The zero-order valence-electron chi connectivity index (χ0n) is 26.2. The highest BCUT2D eigenvalue weighted by Gasteiger charge is 2.19. The maximum absolute atomic E-state index is 9.25. The van der Waals surface area contributed by atoms with Crippen LogP contribution in [0.15, 0.2) is 167 Å². The molecule has 0 N–H and O–H groups in total. The molecule has 2 heterocycles. The van der Waals surface area contributed by atoms with Crippen LogP contribution in [0.1, 0.15) is 5.56 Å². The highest BCUT2D eigenvalue weighted by molar-refractivity contribution is 6.17. The number of anilines is 3. The Bertz CT molecular complexity index is 2790. The number of furan rings is 2. The maximum Gasteiger partial charge on any atom is 0.143 e. The van der Waals surface area contributed by atoms with E-state index < -0.39 is 0 Å². The molecule has 0 unspecified atom stereocenters. The fraction of sp³-hybridized carbons (Fsp3) is 0. The third kappa shape index (κ3) is 4.30. The number of benzene rings is 8. The van der Waals surface area contributed by atoms with Crippen molar-refractivity contribution in [2.24, 2.45) is 0 Å². The van der Waals surface area contributed by atoms with Gasteiger partial charge in [0.1, 0.15) is 22.3 Å². The Kier molecular flexibility index (Phi) is 5.90. The molecule has 8 aromatic carbocycles. The SMILES string of the molecule is N#Cc1ccc(-c2ccc(N(c3ccc4c(c3)oc3c5ccccc5ccc43)c3ccc4c(c3)oc3c5ccccc5ccc43)cc2)cc1. The van der Waals surface area contributed by atoms with Gasteiger partial charge in [0.2, 0.25) is 0 Å². The van der Waals surface area contributed by atoms with E-state index in [9.17, 15) is 5.26 Å². The first-order valence-electron chi connectivity index (χ1n) is 16.3. The lowest BCUT2D eigenvalue weighted by molar-refractivity contribution is 0.672. The van der Waals surface area contributed by atoms with Gasteiger partial charge in [-0.25, -0.2) is 0 Å². The van der Waals surface area contributed by atoms with Crippen molar-refractivity contribution in [3.63, 3.8) is 0 Å². The third-order valence-electron chi connectivity index (χ3n) is 9.68. The van der Waals surface area contributed by atoms with Crippen LogP contribution in [-0.2, 0) is 0 Å². The molecule has 0 spiro atoms. The molecule has 0 bridgehead atoms. The van der Waals surface area contributed by atoms with Crippen molar-refractivity contribution in [3.05, 3.63) is 163 Å². The van der Waals surface area contributed by atoms with Gasteiger partial charge in [-0.1, -0.05) is 84.9 Å². The molecule has 0 aliphatic rings. The Balaban J connectivity index is 1.15. The summed E-state index contributed by atoms with van der Waals surface area (Å²) >= 11 is 0. The van der Waals surface area contributed by atoms with Crippen LogP contribution in [0.2, 0.25) is 0 Å². The first-order chi connectivity index (χ1) is 24.2. The zero-order valence-corrected chi connectivity index (χ0v) is 26.2. The first-order valence-corrected chi connectivity index (χ1v) is 16.3. The summed E-state index contributed by atoms with van der Waals surface area (Å²) in [6.45, 7) is 0. The van der Waals surface area contributed by atoms with Crippen molar-refractivity contribution in [1.29, 1.82) is 5.26 Å². The summed E-state index contributed by atoms with van der Waals surface area (Å²) in [7, 11) is 0. The van der Waals surface area contributed by atoms with Gasteiger partial charge in [0.05, 0.1) is 11.6 Å². The highest BCUT2D eigenvalue weighted by Crippen LogP contribution is 2.43. The van der Waals surface area contributed by atoms with Gasteiger partial charge >= 0.3 is 0 Å². The molecule has 0 saturated carbocycles. The second-order valence-corrected chi connectivity index (χ2v) is 12.5. The van der Waals surface area contributed by atoms with Crippen LogP contribution in [0, 0.1) is 11.3 Å². The molecule has 0 radical (unpaired) electrons. The van der Waals surface area contributed by atoms with Crippen LogP contribution in [-0.4, -0.2) is 0 Å². The Labute approximate surface area is 281 Å². The van der Waals surface area contributed by atoms with Crippen LogP contribution in [0.25, 0.3) is 76.5 Å². The quantitative estimate of drug-likeness (QED) is 0.195. The first kappa shape index (κ1) is 27.3. The third-order valence-corrected chi connectivity index (χ3v) is 9.68. The van der Waals surface area contributed by atoms with Crippen LogP contribution >= 0.6 is 0 Å². The van der Waals surface area contributed by atoms with Gasteiger partial charge in [-0.2, -0.15) is 5.26 Å². The van der Waals surface area contributed by atoms with Gasteiger partial charge in [-0.15, -0.1) is 0 Å². The van der Waals surface area contributed by atoms with Gasteiger partial charge in [-0.3, -0.25) is 0 Å². The van der Waals surface area contributed by atoms with Crippen LogP contribution in [0.4, 0.5) is 17.1 Å². The second kappa shape index (κ2) is 10.6. The van der Waals surface area contributed by atoms with Crippen molar-refractivity contribution >= 4 is 82.5 Å². The normalized spacial score (nSPS) is 11.7. The van der Waals surface area contributed by atoms with Gasteiger partial charge < -0.3 is 13.7 Å². The maximum atomic E-state index is 9.25. The van der Waals surface area contributed by atoms with E-state index in [1.165, 1.54) is 0 Å². The minimum Gasteiger partial charge on any atom is -0.455 e. The summed E-state index contributed by atoms with van der Waals surface area (Å²) in [6, 6.07) is 56.7. The highest BCUT2D eigenvalue weighted by atomic mass is 16.3. The monoisotopic (exact) mass is 626 g/mol. The summed E-state index contributed by atoms with van der Waals surface area (Å²) in [5, 5.41) is 18.2. The molecule has 0 atom stereocenters. The Morgan fingerprint density at radius 3 is 1.37 bits per heavy atom. The van der Waals surface area contributed by atoms with Crippen molar-refractivity contribution in [1.82, 2.24) is 0 Å². The molecule has 0 fully saturated rings. The molecule has 2 aromatic heterocycles. The van der Waals surface area contributed by atoms with E-state index in [1.807, 2.05) is 24.3 Å². The molecular formula is C45H26N2O2. The van der Waals surface area contributed by atoms with E-state index in [2.05, 4.69) is 144 Å². The van der Waals surface area contributed by atoms with Crippen molar-refractivity contribution in [2.75, 3.05) is 4.90 Å². The number of fused-ring (bicyclic) bond motifs is 10. The lowest BCUT2D eigenvalue weighted by Crippen LogP contribution is -2.09. The van der Waals surface area contributed by atoms with Crippen LogP contribution in [0.5, 0.6) is 0 Å². The molecule has 10 rings (SSSR count). The van der Waals surface area contributed by atoms with E-state index >= 15 is 0 Å². The summed E-state index contributed by atoms with van der Waals surface area (Å²) in [6.07, 6.45) is 0. The van der Waals surface area contributed by atoms with Crippen molar-refractivity contribution in [3.8, 4) is 17.2 Å². The summed E-state index contributed by atoms with van der Waals surface area (Å²) < 4.78 is 13.2. The van der Waals surface area contributed by atoms with Gasteiger partial charge in [0.25, 0.3) is 0 Å². The minimum absolute atomic E-state index is 0.648. The zero-order chi connectivity index (χ0) is 32.5. The second-order valence-electron chi connectivity index (χ2n) is 12.5. The van der Waals surface area contributed by atoms with Gasteiger partial charge in [0.15, 0.2) is 0 Å². The molecule has 0 aliphatic heterocycles. The molecule has 0 saturated heterocycles. The summed E-state index contributed by atoms with van der Waals surface area (Å²) in [5.74, 6) is 0. The van der Waals surface area contributed by atoms with Gasteiger partial charge in [0, 0.05) is 61.5 Å². The van der Waals surface area contributed by atoms with E-state index in [1.54, 1.807) is 0 Å². The number of rotatable bonds is 4. The molecule has 4 nitrogen and oxygen atoms in total. The number of nitriles is 1. The molecule has 0 aliphatic carbocycles. The molecule has 228 valence electrons. The standard InChI is InChI=1S/C45H26N2O2/c46-27-28-9-11-29(12-10-28)30-13-17-33(18-14-30)47(34-19-23-38-40-21-15-31-5-1-3-7-36(31)44(40)48-42(38)25-34)35-20-24-39-41-22-16-32-6-2-4-8-37(32)45(41)49-43(39)26-35/h1-26H. The topological polar surface area (TPSA) is 53.3 Å². The average molecular weight is 627 g/mol. The van der Waals surface area contributed by atoms with Crippen molar-refractivity contribution < 1.29 is 8.83 Å². The average Bonchev–Trinajstić information content (AvgIpc) is 3.73. The lowest BCUT2D eigenvalue weighted by Gasteiger charge is -2.25. The predicted molar refractivity (Wildman–Crippen MR) is 201 cm³/mol. The van der Waals surface area contributed by atoms with E-state index in [0.29, 0.717) is 5.56 Å². The van der Waals surface area contributed by atoms with E-state index in [0.717, 1.165) is 93.6 Å². The fourth-order valence-corrected chi connectivity index (χ4v) is 7.25. The van der Waals surface area contributed by atoms with Gasteiger partial charge in [-0.05, 0) is 82.6 Å². The molecule has 4 heteroatoms. The van der Waals surface area contributed by atoms with E-state index in [4.69, 9.17) is 8.83 Å². The Morgan fingerprint density at radius 2 is 0.857 bits per heavy atom. The minimum atomic E-state index is 0.648. The number of hydrogen-bond donors (Lipinski definition) is 0. The number of hydrogen-bond acceptors (Lipinski definition) is 4. The molecule has 0 amide bonds. The lowest BCUT2D eigenvalue weighted by atomic mass is 10.0. The number of nitrogens with zero attached hydrogens (tertiary/aromatic N) is 2. The smallest absolute Gasteiger partial charge is 0.143 e. The van der Waals surface area contributed by atoms with Crippen LogP contribution < -0.4 is 4.90 Å². The largest absolute Gasteiger partial charge is 0.455 e. The fourth-order valence-electron chi connectivity index (χ4n) is 7.25. The molecule has 10 aromatic rings. The summed E-state index contributed by atoms with van der Waals surface area (Å²) in [4.78, 5) is 2.25.